The molecule has 30 heavy (non-hydrogen) atoms. The summed E-state index contributed by atoms with van der Waals surface area (Å²) in [4.78, 5) is 12.7. The van der Waals surface area contributed by atoms with Gasteiger partial charge in [-0.05, 0) is 29.8 Å². The van der Waals surface area contributed by atoms with Crippen LogP contribution in [0, 0.1) is 0 Å². The largest absolute Gasteiger partial charge is 0.361 e. The molecule has 0 fully saturated rings. The number of benzene rings is 3. The van der Waals surface area contributed by atoms with Gasteiger partial charge in [-0.3, -0.25) is 9.48 Å². The lowest BCUT2D eigenvalue weighted by molar-refractivity contribution is 0.0936. The third-order valence-electron chi connectivity index (χ3n) is 5.15. The first-order valence-electron chi connectivity index (χ1n) is 9.71. The van der Waals surface area contributed by atoms with Gasteiger partial charge in [0.05, 0.1) is 17.8 Å². The van der Waals surface area contributed by atoms with E-state index in [0.717, 1.165) is 28.1 Å². The van der Waals surface area contributed by atoms with Crippen LogP contribution < -0.4 is 10.6 Å². The molecular formula is C24H19ClN4O. The molecule has 1 aliphatic rings. The molecule has 0 radical (unpaired) electrons. The Balaban J connectivity index is 1.56. The van der Waals surface area contributed by atoms with E-state index >= 15 is 0 Å². The van der Waals surface area contributed by atoms with Crippen LogP contribution in [0.2, 0.25) is 5.02 Å². The molecule has 1 aromatic heterocycles. The Bertz CT molecular complexity index is 1200. The Morgan fingerprint density at radius 3 is 2.43 bits per heavy atom. The fourth-order valence-electron chi connectivity index (χ4n) is 3.69. The van der Waals surface area contributed by atoms with Crippen molar-refractivity contribution in [2.24, 2.45) is 0 Å². The molecule has 2 heterocycles. The predicted molar refractivity (Wildman–Crippen MR) is 118 cm³/mol. The molecule has 5 nitrogen and oxygen atoms in total. The molecule has 5 rings (SSSR count). The minimum absolute atomic E-state index is 0.104. The number of rotatable bonds is 4. The average Bonchev–Trinajstić information content (AvgIpc) is 3.19. The molecular weight excluding hydrogens is 396 g/mol. The number of hydrogen-bond acceptors (Lipinski definition) is 3. The molecule has 1 unspecified atom stereocenters. The van der Waals surface area contributed by atoms with E-state index in [1.165, 1.54) is 0 Å². The van der Waals surface area contributed by atoms with Gasteiger partial charge in [-0.15, -0.1) is 0 Å². The molecule has 148 valence electrons. The molecule has 3 aromatic carbocycles. The quantitative estimate of drug-likeness (QED) is 0.488. The summed E-state index contributed by atoms with van der Waals surface area (Å²) in [6.07, 6.45) is 1.60. The number of halogens is 1. The van der Waals surface area contributed by atoms with E-state index < -0.39 is 0 Å². The smallest absolute Gasteiger partial charge is 0.255 e. The van der Waals surface area contributed by atoms with Gasteiger partial charge in [0.25, 0.3) is 5.91 Å². The zero-order valence-electron chi connectivity index (χ0n) is 16.0. The van der Waals surface area contributed by atoms with E-state index in [2.05, 4.69) is 22.8 Å². The number of aromatic nitrogens is 2. The van der Waals surface area contributed by atoms with Gasteiger partial charge >= 0.3 is 0 Å². The van der Waals surface area contributed by atoms with Crippen molar-refractivity contribution in [2.45, 2.75) is 12.7 Å². The van der Waals surface area contributed by atoms with E-state index in [0.29, 0.717) is 17.1 Å². The number of nitrogens with zero attached hydrogens (tertiary/aromatic N) is 2. The SMILES string of the molecule is O=C1NC(c2cn(Cc3ccccc3)nc2-c2ccc(Cl)cc2)Nc2ccccc21. The maximum Gasteiger partial charge on any atom is 0.255 e. The molecule has 2 N–H and O–H groups in total. The zero-order chi connectivity index (χ0) is 20.5. The number of amides is 1. The second-order valence-corrected chi connectivity index (χ2v) is 7.66. The maximum atomic E-state index is 12.7. The van der Waals surface area contributed by atoms with Crippen molar-refractivity contribution in [3.05, 3.63) is 107 Å². The third kappa shape index (κ3) is 3.55. The molecule has 0 aliphatic carbocycles. The Kier molecular flexibility index (Phi) is 4.73. The highest BCUT2D eigenvalue weighted by Crippen LogP contribution is 2.32. The van der Waals surface area contributed by atoms with Crippen LogP contribution in [0.15, 0.2) is 85.1 Å². The van der Waals surface area contributed by atoms with E-state index in [1.807, 2.05) is 77.6 Å². The minimum atomic E-state index is -0.386. The molecule has 0 saturated heterocycles. The van der Waals surface area contributed by atoms with Crippen molar-refractivity contribution in [1.29, 1.82) is 0 Å². The van der Waals surface area contributed by atoms with Crippen LogP contribution in [-0.2, 0) is 6.54 Å². The molecule has 4 aromatic rings. The summed E-state index contributed by atoms with van der Waals surface area (Å²) >= 11 is 6.08. The number of para-hydroxylation sites is 1. The zero-order valence-corrected chi connectivity index (χ0v) is 16.8. The summed E-state index contributed by atoms with van der Waals surface area (Å²) in [6.45, 7) is 0.638. The van der Waals surface area contributed by atoms with Crippen LogP contribution >= 0.6 is 11.6 Å². The summed E-state index contributed by atoms with van der Waals surface area (Å²) in [5, 5.41) is 12.0. The van der Waals surface area contributed by atoms with Crippen molar-refractivity contribution in [3.8, 4) is 11.3 Å². The van der Waals surface area contributed by atoms with Gasteiger partial charge in [0.15, 0.2) is 0 Å². The Morgan fingerprint density at radius 1 is 0.900 bits per heavy atom. The second-order valence-electron chi connectivity index (χ2n) is 7.22. The standard InChI is InChI=1S/C24H19ClN4O/c25-18-12-10-17(11-13-18)22-20(15-29(28-22)14-16-6-2-1-3-7-16)23-26-21-9-5-4-8-19(21)24(30)27-23/h1-13,15,23,26H,14H2,(H,27,30). The maximum absolute atomic E-state index is 12.7. The third-order valence-corrected chi connectivity index (χ3v) is 5.40. The molecule has 1 aliphatic heterocycles. The van der Waals surface area contributed by atoms with E-state index in [1.54, 1.807) is 0 Å². The van der Waals surface area contributed by atoms with Gasteiger partial charge in [-0.2, -0.15) is 5.10 Å². The molecule has 0 saturated carbocycles. The van der Waals surface area contributed by atoms with Crippen LogP contribution in [0.3, 0.4) is 0 Å². The lowest BCUT2D eigenvalue weighted by Crippen LogP contribution is -2.38. The number of anilines is 1. The summed E-state index contributed by atoms with van der Waals surface area (Å²) in [5.41, 5.74) is 5.25. The van der Waals surface area contributed by atoms with Gasteiger partial charge in [0, 0.05) is 28.0 Å². The van der Waals surface area contributed by atoms with E-state index in [-0.39, 0.29) is 12.1 Å². The van der Waals surface area contributed by atoms with Crippen LogP contribution in [0.5, 0.6) is 0 Å². The van der Waals surface area contributed by atoms with Gasteiger partial charge in [-0.1, -0.05) is 66.2 Å². The number of carbonyl (C=O) groups excluding carboxylic acids is 1. The first-order valence-corrected chi connectivity index (χ1v) is 10.1. The Hall–Kier alpha value is -3.57. The Morgan fingerprint density at radius 2 is 1.63 bits per heavy atom. The highest BCUT2D eigenvalue weighted by atomic mass is 35.5. The summed E-state index contributed by atoms with van der Waals surface area (Å²) in [6, 6.07) is 25.2. The summed E-state index contributed by atoms with van der Waals surface area (Å²) in [5.74, 6) is -0.104. The fourth-order valence-corrected chi connectivity index (χ4v) is 3.82. The normalized spacial score (nSPS) is 15.2. The number of fused-ring (bicyclic) bond motifs is 1. The van der Waals surface area contributed by atoms with Crippen LogP contribution in [0.1, 0.15) is 27.7 Å². The van der Waals surface area contributed by atoms with Gasteiger partial charge in [-0.25, -0.2) is 0 Å². The second kappa shape index (κ2) is 7.69. The number of carbonyl (C=O) groups is 1. The highest BCUT2D eigenvalue weighted by Gasteiger charge is 2.28. The van der Waals surface area contributed by atoms with Crippen molar-refractivity contribution < 1.29 is 4.79 Å². The highest BCUT2D eigenvalue weighted by molar-refractivity contribution is 6.30. The van der Waals surface area contributed by atoms with Crippen LogP contribution in [-0.4, -0.2) is 15.7 Å². The van der Waals surface area contributed by atoms with E-state index in [9.17, 15) is 4.79 Å². The monoisotopic (exact) mass is 414 g/mol. The predicted octanol–water partition coefficient (Wildman–Crippen LogP) is 5.11. The molecule has 1 amide bonds. The number of hydrogen-bond donors (Lipinski definition) is 2. The Labute approximate surface area is 179 Å². The lowest BCUT2D eigenvalue weighted by atomic mass is 10.0. The topological polar surface area (TPSA) is 59.0 Å². The molecule has 6 heteroatoms. The van der Waals surface area contributed by atoms with Crippen LogP contribution in [0.25, 0.3) is 11.3 Å². The van der Waals surface area contributed by atoms with Crippen molar-refractivity contribution >= 4 is 23.2 Å². The minimum Gasteiger partial charge on any atom is -0.361 e. The lowest BCUT2D eigenvalue weighted by Gasteiger charge is -2.27. The van der Waals surface area contributed by atoms with Crippen molar-refractivity contribution in [3.63, 3.8) is 0 Å². The summed E-state index contributed by atoms with van der Waals surface area (Å²) < 4.78 is 1.91. The fraction of sp³-hybridized carbons (Fsp3) is 0.0833. The summed E-state index contributed by atoms with van der Waals surface area (Å²) in [7, 11) is 0. The van der Waals surface area contributed by atoms with E-state index in [4.69, 9.17) is 16.7 Å². The first kappa shape index (κ1) is 18.5. The first-order chi connectivity index (χ1) is 14.7. The van der Waals surface area contributed by atoms with Gasteiger partial charge < -0.3 is 10.6 Å². The molecule has 0 bridgehead atoms. The van der Waals surface area contributed by atoms with Gasteiger partial charge in [0.1, 0.15) is 6.17 Å². The molecule has 1 atom stereocenters. The average molecular weight is 415 g/mol. The van der Waals surface area contributed by atoms with Crippen molar-refractivity contribution in [1.82, 2.24) is 15.1 Å². The van der Waals surface area contributed by atoms with Crippen LogP contribution in [0.4, 0.5) is 5.69 Å². The van der Waals surface area contributed by atoms with Crippen molar-refractivity contribution in [2.75, 3.05) is 5.32 Å². The molecule has 0 spiro atoms. The number of nitrogens with one attached hydrogen (secondary N) is 2. The van der Waals surface area contributed by atoms with Gasteiger partial charge in [0.2, 0.25) is 0 Å².